The van der Waals surface area contributed by atoms with Crippen LogP contribution in [-0.4, -0.2) is 36.5 Å². The molecule has 132 valence electrons. The molecule has 2 rings (SSSR count). The fourth-order valence-electron chi connectivity index (χ4n) is 2.30. The van der Waals surface area contributed by atoms with E-state index in [-0.39, 0.29) is 11.3 Å². The van der Waals surface area contributed by atoms with Crippen molar-refractivity contribution >= 4 is 35.1 Å². The standard InChI is InChI=1S/C17H17ClN2O5/c1-9-14(16(22)24-3)10(2)19-15(9)17(23)25-8-13(21)20-12-6-4-11(18)5-7-12/h4-7,19H,8H2,1-3H3,(H,20,21). The first-order valence-electron chi connectivity index (χ1n) is 7.33. The number of H-pyrrole nitrogens is 1. The van der Waals surface area contributed by atoms with Gasteiger partial charge in [-0.3, -0.25) is 4.79 Å². The summed E-state index contributed by atoms with van der Waals surface area (Å²) in [6.45, 7) is 2.77. The molecule has 0 unspecified atom stereocenters. The van der Waals surface area contributed by atoms with Crippen molar-refractivity contribution in [3.8, 4) is 0 Å². The van der Waals surface area contributed by atoms with Gasteiger partial charge in [0, 0.05) is 16.4 Å². The third kappa shape index (κ3) is 4.39. The number of benzene rings is 1. The molecule has 2 aromatic rings. The van der Waals surface area contributed by atoms with E-state index in [2.05, 4.69) is 15.0 Å². The van der Waals surface area contributed by atoms with Gasteiger partial charge < -0.3 is 19.8 Å². The number of methoxy groups -OCH3 is 1. The van der Waals surface area contributed by atoms with Gasteiger partial charge in [-0.25, -0.2) is 9.59 Å². The minimum Gasteiger partial charge on any atom is -0.465 e. The molecule has 25 heavy (non-hydrogen) atoms. The van der Waals surface area contributed by atoms with Crippen LogP contribution in [0.15, 0.2) is 24.3 Å². The molecular formula is C17H17ClN2O5. The minimum atomic E-state index is -0.734. The summed E-state index contributed by atoms with van der Waals surface area (Å²) in [6, 6.07) is 6.51. The number of aromatic nitrogens is 1. The van der Waals surface area contributed by atoms with E-state index in [9.17, 15) is 14.4 Å². The molecule has 0 spiro atoms. The van der Waals surface area contributed by atoms with Crippen LogP contribution in [0.1, 0.15) is 32.1 Å². The van der Waals surface area contributed by atoms with Gasteiger partial charge >= 0.3 is 11.9 Å². The van der Waals surface area contributed by atoms with Crippen LogP contribution in [0.3, 0.4) is 0 Å². The Morgan fingerprint density at radius 1 is 1.12 bits per heavy atom. The molecular weight excluding hydrogens is 348 g/mol. The highest BCUT2D eigenvalue weighted by atomic mass is 35.5. The zero-order valence-corrected chi connectivity index (χ0v) is 14.7. The number of rotatable bonds is 5. The number of ether oxygens (including phenoxy) is 2. The molecule has 0 fully saturated rings. The van der Waals surface area contributed by atoms with E-state index >= 15 is 0 Å². The Bertz CT molecular complexity index is 811. The zero-order chi connectivity index (χ0) is 18.6. The summed E-state index contributed by atoms with van der Waals surface area (Å²) in [5.41, 5.74) is 1.82. The van der Waals surface area contributed by atoms with Crippen molar-refractivity contribution in [1.82, 2.24) is 4.98 Å². The lowest BCUT2D eigenvalue weighted by Gasteiger charge is -2.06. The van der Waals surface area contributed by atoms with Crippen molar-refractivity contribution < 1.29 is 23.9 Å². The van der Waals surface area contributed by atoms with Crippen LogP contribution < -0.4 is 5.32 Å². The SMILES string of the molecule is COC(=O)c1c(C)[nH]c(C(=O)OCC(=O)Nc2ccc(Cl)cc2)c1C. The predicted octanol–water partition coefficient (Wildman–Crippen LogP) is 2.87. The Kier molecular flexibility index (Phi) is 5.82. The lowest BCUT2D eigenvalue weighted by Crippen LogP contribution is -2.21. The van der Waals surface area contributed by atoms with Crippen LogP contribution in [0.4, 0.5) is 5.69 Å². The van der Waals surface area contributed by atoms with Crippen molar-refractivity contribution in [1.29, 1.82) is 0 Å². The van der Waals surface area contributed by atoms with Gasteiger partial charge in [0.1, 0.15) is 5.69 Å². The smallest absolute Gasteiger partial charge is 0.355 e. The van der Waals surface area contributed by atoms with Crippen LogP contribution in [0.25, 0.3) is 0 Å². The number of carbonyl (C=O) groups is 3. The molecule has 0 bridgehead atoms. The maximum Gasteiger partial charge on any atom is 0.355 e. The van der Waals surface area contributed by atoms with Crippen molar-refractivity contribution in [2.24, 2.45) is 0 Å². The number of carbonyl (C=O) groups excluding carboxylic acids is 3. The summed E-state index contributed by atoms with van der Waals surface area (Å²) in [7, 11) is 1.26. The van der Waals surface area contributed by atoms with E-state index in [1.807, 2.05) is 0 Å². The molecule has 0 radical (unpaired) electrons. The second-order valence-corrected chi connectivity index (χ2v) is 5.68. The molecule has 0 saturated heterocycles. The van der Waals surface area contributed by atoms with Crippen LogP contribution in [0.5, 0.6) is 0 Å². The fourth-order valence-corrected chi connectivity index (χ4v) is 2.42. The number of nitrogens with one attached hydrogen (secondary N) is 2. The average molecular weight is 365 g/mol. The third-order valence-electron chi connectivity index (χ3n) is 3.49. The van der Waals surface area contributed by atoms with Gasteiger partial charge in [-0.2, -0.15) is 0 Å². The van der Waals surface area contributed by atoms with E-state index in [0.29, 0.717) is 22.0 Å². The first-order valence-corrected chi connectivity index (χ1v) is 7.71. The topological polar surface area (TPSA) is 97.5 Å². The Labute approximate surface area is 149 Å². The van der Waals surface area contributed by atoms with Crippen molar-refractivity contribution in [2.75, 3.05) is 19.0 Å². The molecule has 0 aliphatic heterocycles. The molecule has 0 saturated carbocycles. The number of anilines is 1. The van der Waals surface area contributed by atoms with Gasteiger partial charge in [-0.15, -0.1) is 0 Å². The fraction of sp³-hybridized carbons (Fsp3) is 0.235. The predicted molar refractivity (Wildman–Crippen MR) is 92.0 cm³/mol. The number of aryl methyl sites for hydroxylation is 1. The number of esters is 2. The van der Waals surface area contributed by atoms with Gasteiger partial charge in [0.25, 0.3) is 5.91 Å². The second-order valence-electron chi connectivity index (χ2n) is 5.25. The van der Waals surface area contributed by atoms with Crippen LogP contribution in [-0.2, 0) is 14.3 Å². The maximum absolute atomic E-state index is 12.1. The van der Waals surface area contributed by atoms with Crippen LogP contribution >= 0.6 is 11.6 Å². The number of hydrogen-bond donors (Lipinski definition) is 2. The highest BCUT2D eigenvalue weighted by Crippen LogP contribution is 2.19. The summed E-state index contributed by atoms with van der Waals surface area (Å²) in [6.07, 6.45) is 0. The molecule has 1 amide bonds. The number of hydrogen-bond acceptors (Lipinski definition) is 5. The summed E-state index contributed by atoms with van der Waals surface area (Å²) in [5.74, 6) is -1.78. The van der Waals surface area contributed by atoms with Crippen molar-refractivity contribution in [2.45, 2.75) is 13.8 Å². The summed E-state index contributed by atoms with van der Waals surface area (Å²) < 4.78 is 9.67. The summed E-state index contributed by atoms with van der Waals surface area (Å²) >= 11 is 5.76. The second kappa shape index (κ2) is 7.85. The maximum atomic E-state index is 12.1. The van der Waals surface area contributed by atoms with E-state index in [1.54, 1.807) is 38.1 Å². The third-order valence-corrected chi connectivity index (χ3v) is 3.75. The molecule has 0 aliphatic rings. The normalized spacial score (nSPS) is 10.2. The number of aromatic amines is 1. The lowest BCUT2D eigenvalue weighted by molar-refractivity contribution is -0.119. The van der Waals surface area contributed by atoms with Gasteiger partial charge in [0.05, 0.1) is 12.7 Å². The monoisotopic (exact) mass is 364 g/mol. The zero-order valence-electron chi connectivity index (χ0n) is 13.9. The van der Waals surface area contributed by atoms with Gasteiger partial charge in [-0.1, -0.05) is 11.6 Å². The molecule has 8 heteroatoms. The largest absolute Gasteiger partial charge is 0.465 e. The Morgan fingerprint density at radius 3 is 2.36 bits per heavy atom. The number of amides is 1. The first-order chi connectivity index (χ1) is 11.8. The van der Waals surface area contributed by atoms with E-state index in [4.69, 9.17) is 16.3 Å². The molecule has 0 aliphatic carbocycles. The molecule has 7 nitrogen and oxygen atoms in total. The quantitative estimate of drug-likeness (QED) is 0.795. The van der Waals surface area contributed by atoms with Crippen LogP contribution in [0.2, 0.25) is 5.02 Å². The van der Waals surface area contributed by atoms with Gasteiger partial charge in [-0.05, 0) is 43.7 Å². The Morgan fingerprint density at radius 2 is 1.76 bits per heavy atom. The minimum absolute atomic E-state index is 0.109. The summed E-state index contributed by atoms with van der Waals surface area (Å²) in [5, 5.41) is 3.12. The van der Waals surface area contributed by atoms with E-state index in [0.717, 1.165) is 0 Å². The van der Waals surface area contributed by atoms with Crippen molar-refractivity contribution in [3.63, 3.8) is 0 Å². The van der Waals surface area contributed by atoms with E-state index in [1.165, 1.54) is 7.11 Å². The Balaban J connectivity index is 1.99. The van der Waals surface area contributed by atoms with E-state index < -0.39 is 24.5 Å². The molecule has 1 heterocycles. The van der Waals surface area contributed by atoms with Gasteiger partial charge in [0.15, 0.2) is 6.61 Å². The lowest BCUT2D eigenvalue weighted by atomic mass is 10.1. The molecule has 2 N–H and O–H groups in total. The van der Waals surface area contributed by atoms with Gasteiger partial charge in [0.2, 0.25) is 0 Å². The Hall–Kier alpha value is -2.80. The highest BCUT2D eigenvalue weighted by molar-refractivity contribution is 6.30. The summed E-state index contributed by atoms with van der Waals surface area (Å²) in [4.78, 5) is 38.5. The molecule has 0 atom stereocenters. The first kappa shape index (κ1) is 18.5. The molecule has 1 aromatic heterocycles. The van der Waals surface area contributed by atoms with Crippen LogP contribution in [0, 0.1) is 13.8 Å². The molecule has 1 aromatic carbocycles. The highest BCUT2D eigenvalue weighted by Gasteiger charge is 2.23. The van der Waals surface area contributed by atoms with Crippen molar-refractivity contribution in [3.05, 3.63) is 51.8 Å². The average Bonchev–Trinajstić information content (AvgIpc) is 2.88. The number of halogens is 1.